The number of hydrogen-bond acceptors (Lipinski definition) is 4. The van der Waals surface area contributed by atoms with Gasteiger partial charge in [0.25, 0.3) is 5.91 Å². The molecule has 1 aromatic carbocycles. The molecule has 1 atom stereocenters. The van der Waals surface area contributed by atoms with Crippen molar-refractivity contribution in [3.63, 3.8) is 0 Å². The van der Waals surface area contributed by atoms with Gasteiger partial charge in [0.2, 0.25) is 5.91 Å². The number of carbonyl (C=O) groups is 2. The Kier molecular flexibility index (Phi) is 5.28. The number of hydrogen-bond donors (Lipinski definition) is 1. The van der Waals surface area contributed by atoms with E-state index >= 15 is 0 Å². The minimum Gasteiger partial charge on any atom is -0.497 e. The van der Waals surface area contributed by atoms with E-state index in [2.05, 4.69) is 10.3 Å². The molecule has 6 nitrogen and oxygen atoms in total. The van der Waals surface area contributed by atoms with Crippen LogP contribution in [0.5, 0.6) is 5.75 Å². The lowest BCUT2D eigenvalue weighted by atomic mass is 10.0. The standard InChI is InChI=1S/C19H21N3O3/c1-25-15-10-11-20-16(13-15)21-19(24)18(14-7-3-2-4-8-14)22-12-6-5-9-17(22)23/h2-4,7-8,10-11,13,18H,5-6,9,12H2,1H3,(H,20,21,24)/t18-/m1/s1. The van der Waals surface area contributed by atoms with Crippen molar-refractivity contribution in [1.29, 1.82) is 0 Å². The molecule has 1 saturated heterocycles. The Bertz CT molecular complexity index is 749. The number of nitrogens with zero attached hydrogens (tertiary/aromatic N) is 2. The third-order valence-corrected chi connectivity index (χ3v) is 4.25. The van der Waals surface area contributed by atoms with Crippen molar-refractivity contribution >= 4 is 17.6 Å². The number of methoxy groups -OCH3 is 1. The van der Waals surface area contributed by atoms with Crippen LogP contribution in [0.3, 0.4) is 0 Å². The molecule has 0 bridgehead atoms. The summed E-state index contributed by atoms with van der Waals surface area (Å²) in [6, 6.07) is 12.1. The van der Waals surface area contributed by atoms with Crippen LogP contribution >= 0.6 is 0 Å². The average Bonchev–Trinajstić information content (AvgIpc) is 2.64. The van der Waals surface area contributed by atoms with Gasteiger partial charge in [0.05, 0.1) is 7.11 Å². The summed E-state index contributed by atoms with van der Waals surface area (Å²) in [5.74, 6) is 0.737. The topological polar surface area (TPSA) is 71.5 Å². The van der Waals surface area contributed by atoms with Gasteiger partial charge in [-0.25, -0.2) is 4.98 Å². The van der Waals surface area contributed by atoms with Crippen LogP contribution in [-0.4, -0.2) is 35.4 Å². The molecule has 0 radical (unpaired) electrons. The molecule has 1 fully saturated rings. The fourth-order valence-corrected chi connectivity index (χ4v) is 3.01. The van der Waals surface area contributed by atoms with E-state index in [0.717, 1.165) is 18.4 Å². The largest absolute Gasteiger partial charge is 0.497 e. The van der Waals surface area contributed by atoms with Gasteiger partial charge in [-0.1, -0.05) is 30.3 Å². The highest BCUT2D eigenvalue weighted by Crippen LogP contribution is 2.27. The zero-order valence-electron chi connectivity index (χ0n) is 14.1. The lowest BCUT2D eigenvalue weighted by molar-refractivity contribution is -0.141. The molecule has 3 rings (SSSR count). The van der Waals surface area contributed by atoms with E-state index in [-0.39, 0.29) is 11.8 Å². The fraction of sp³-hybridized carbons (Fsp3) is 0.316. The van der Waals surface area contributed by atoms with Gasteiger partial charge in [-0.05, 0) is 24.5 Å². The van der Waals surface area contributed by atoms with Crippen LogP contribution in [0.1, 0.15) is 30.9 Å². The SMILES string of the molecule is COc1ccnc(NC(=O)[C@@H](c2ccccc2)N2CCCCC2=O)c1. The number of pyridine rings is 1. The van der Waals surface area contributed by atoms with E-state index in [1.54, 1.807) is 30.3 Å². The Hall–Kier alpha value is -2.89. The third-order valence-electron chi connectivity index (χ3n) is 4.25. The second-order valence-electron chi connectivity index (χ2n) is 5.93. The Morgan fingerprint density at radius 3 is 2.76 bits per heavy atom. The zero-order valence-corrected chi connectivity index (χ0v) is 14.1. The number of aromatic nitrogens is 1. The first-order valence-corrected chi connectivity index (χ1v) is 8.34. The number of piperidine rings is 1. The van der Waals surface area contributed by atoms with Crippen molar-refractivity contribution in [3.8, 4) is 5.75 Å². The van der Waals surface area contributed by atoms with E-state index < -0.39 is 6.04 Å². The van der Waals surface area contributed by atoms with Crippen LogP contribution < -0.4 is 10.1 Å². The van der Waals surface area contributed by atoms with Gasteiger partial charge in [0.15, 0.2) is 0 Å². The van der Waals surface area contributed by atoms with Gasteiger partial charge in [-0.2, -0.15) is 0 Å². The van der Waals surface area contributed by atoms with E-state index in [1.807, 2.05) is 30.3 Å². The number of amides is 2. The maximum absolute atomic E-state index is 13.0. The normalized spacial score (nSPS) is 15.6. The van der Waals surface area contributed by atoms with Gasteiger partial charge in [-0.15, -0.1) is 0 Å². The Morgan fingerprint density at radius 1 is 1.24 bits per heavy atom. The number of benzene rings is 1. The minimum atomic E-state index is -0.665. The number of ether oxygens (including phenoxy) is 1. The average molecular weight is 339 g/mol. The molecule has 2 heterocycles. The Labute approximate surface area is 146 Å². The van der Waals surface area contributed by atoms with Crippen LogP contribution in [0, 0.1) is 0 Å². The predicted octanol–water partition coefficient (Wildman–Crippen LogP) is 2.78. The van der Waals surface area contributed by atoms with Crippen LogP contribution in [0.25, 0.3) is 0 Å². The Balaban J connectivity index is 1.88. The van der Waals surface area contributed by atoms with Crippen molar-refractivity contribution in [2.24, 2.45) is 0 Å². The van der Waals surface area contributed by atoms with Gasteiger partial charge < -0.3 is 15.0 Å². The smallest absolute Gasteiger partial charge is 0.252 e. The van der Waals surface area contributed by atoms with Gasteiger partial charge in [0, 0.05) is 25.2 Å². The molecule has 1 aromatic heterocycles. The van der Waals surface area contributed by atoms with Gasteiger partial charge in [-0.3, -0.25) is 9.59 Å². The van der Waals surface area contributed by atoms with Crippen molar-refractivity contribution < 1.29 is 14.3 Å². The predicted molar refractivity (Wildman–Crippen MR) is 94.2 cm³/mol. The van der Waals surface area contributed by atoms with E-state index in [0.29, 0.717) is 24.5 Å². The van der Waals surface area contributed by atoms with Crippen molar-refractivity contribution in [3.05, 3.63) is 54.2 Å². The summed E-state index contributed by atoms with van der Waals surface area (Å²) in [5.41, 5.74) is 0.790. The summed E-state index contributed by atoms with van der Waals surface area (Å²) in [7, 11) is 1.56. The number of nitrogens with one attached hydrogen (secondary N) is 1. The summed E-state index contributed by atoms with van der Waals surface area (Å²) in [6.45, 7) is 0.581. The lowest BCUT2D eigenvalue weighted by Crippen LogP contribution is -2.43. The molecule has 0 saturated carbocycles. The first kappa shape index (κ1) is 17.0. The lowest BCUT2D eigenvalue weighted by Gasteiger charge is -2.34. The fourth-order valence-electron chi connectivity index (χ4n) is 3.01. The molecule has 0 aliphatic carbocycles. The summed E-state index contributed by atoms with van der Waals surface area (Å²) >= 11 is 0. The molecule has 0 unspecified atom stereocenters. The molecule has 25 heavy (non-hydrogen) atoms. The molecule has 2 amide bonds. The highest BCUT2D eigenvalue weighted by Gasteiger charge is 2.32. The molecule has 2 aromatic rings. The number of anilines is 1. The summed E-state index contributed by atoms with van der Waals surface area (Å²) in [5, 5.41) is 2.81. The first-order valence-electron chi connectivity index (χ1n) is 8.34. The van der Waals surface area contributed by atoms with Gasteiger partial charge >= 0.3 is 0 Å². The number of rotatable bonds is 5. The Morgan fingerprint density at radius 2 is 2.04 bits per heavy atom. The monoisotopic (exact) mass is 339 g/mol. The zero-order chi connectivity index (χ0) is 17.6. The molecule has 6 heteroatoms. The van der Waals surface area contributed by atoms with E-state index in [9.17, 15) is 9.59 Å². The quantitative estimate of drug-likeness (QED) is 0.909. The van der Waals surface area contributed by atoms with Crippen LogP contribution in [0.2, 0.25) is 0 Å². The minimum absolute atomic E-state index is 0.00820. The second-order valence-corrected chi connectivity index (χ2v) is 5.93. The molecular formula is C19H21N3O3. The van der Waals surface area contributed by atoms with Crippen LogP contribution in [0.4, 0.5) is 5.82 Å². The summed E-state index contributed by atoms with van der Waals surface area (Å²) in [4.78, 5) is 31.2. The maximum Gasteiger partial charge on any atom is 0.252 e. The van der Waals surface area contributed by atoms with Crippen molar-refractivity contribution in [2.75, 3.05) is 19.0 Å². The summed E-state index contributed by atoms with van der Waals surface area (Å²) in [6.07, 6.45) is 3.82. The second kappa shape index (κ2) is 7.79. The van der Waals surface area contributed by atoms with Crippen molar-refractivity contribution in [2.45, 2.75) is 25.3 Å². The molecular weight excluding hydrogens is 318 g/mol. The molecule has 1 N–H and O–H groups in total. The van der Waals surface area contributed by atoms with Gasteiger partial charge in [0.1, 0.15) is 17.6 Å². The van der Waals surface area contributed by atoms with Crippen LogP contribution in [-0.2, 0) is 9.59 Å². The highest BCUT2D eigenvalue weighted by molar-refractivity contribution is 5.97. The highest BCUT2D eigenvalue weighted by atomic mass is 16.5. The summed E-state index contributed by atoms with van der Waals surface area (Å²) < 4.78 is 5.16. The van der Waals surface area contributed by atoms with E-state index in [1.165, 1.54) is 0 Å². The number of likely N-dealkylation sites (tertiary alicyclic amines) is 1. The van der Waals surface area contributed by atoms with E-state index in [4.69, 9.17) is 4.74 Å². The number of carbonyl (C=O) groups excluding carboxylic acids is 2. The molecule has 1 aliphatic rings. The third kappa shape index (κ3) is 3.96. The first-order chi connectivity index (χ1) is 12.2. The molecule has 0 spiro atoms. The maximum atomic E-state index is 13.0. The van der Waals surface area contributed by atoms with Crippen molar-refractivity contribution in [1.82, 2.24) is 9.88 Å². The van der Waals surface area contributed by atoms with Crippen LogP contribution in [0.15, 0.2) is 48.7 Å². The molecule has 130 valence electrons. The molecule has 1 aliphatic heterocycles.